The van der Waals surface area contributed by atoms with Gasteiger partial charge in [-0.2, -0.15) is 0 Å². The molecule has 0 aromatic carbocycles. The molecule has 1 fully saturated rings. The lowest BCUT2D eigenvalue weighted by Gasteiger charge is -2.26. The zero-order valence-electron chi connectivity index (χ0n) is 13.1. The minimum absolute atomic E-state index is 0.00444. The van der Waals surface area contributed by atoms with Crippen molar-refractivity contribution in [2.24, 2.45) is 11.8 Å². The fourth-order valence-electron chi connectivity index (χ4n) is 2.69. The van der Waals surface area contributed by atoms with Crippen molar-refractivity contribution in [3.8, 4) is 0 Å². The smallest absolute Gasteiger partial charge is 0.228 e. The summed E-state index contributed by atoms with van der Waals surface area (Å²) in [5.41, 5.74) is 0. The Morgan fingerprint density at radius 1 is 1.27 bits per heavy atom. The van der Waals surface area contributed by atoms with Crippen LogP contribution in [-0.4, -0.2) is 37.2 Å². The van der Waals surface area contributed by atoms with E-state index in [2.05, 4.69) is 15.8 Å². The van der Waals surface area contributed by atoms with Gasteiger partial charge < -0.3 is 19.9 Å². The first kappa shape index (κ1) is 16.5. The van der Waals surface area contributed by atoms with Crippen molar-refractivity contribution in [1.29, 1.82) is 0 Å². The second-order valence-corrected chi connectivity index (χ2v) is 5.64. The number of hydrogen-bond acceptors (Lipinski definition) is 5. The molecule has 1 aliphatic rings. The van der Waals surface area contributed by atoms with E-state index in [1.54, 1.807) is 20.1 Å². The van der Waals surface area contributed by atoms with E-state index in [9.17, 15) is 9.59 Å². The number of nitrogens with one attached hydrogen (secondary N) is 2. The summed E-state index contributed by atoms with van der Waals surface area (Å²) >= 11 is 0. The van der Waals surface area contributed by atoms with Gasteiger partial charge in [0.2, 0.25) is 11.8 Å². The SMILES string of the molecule is COCCNC(=O)C1CCC(C(=O)Nc2cc(C)on2)CC1. The van der Waals surface area contributed by atoms with Crippen LogP contribution in [0.15, 0.2) is 10.6 Å². The Hall–Kier alpha value is -1.89. The molecule has 1 aliphatic carbocycles. The lowest BCUT2D eigenvalue weighted by Crippen LogP contribution is -2.36. The molecule has 0 bridgehead atoms. The highest BCUT2D eigenvalue weighted by molar-refractivity contribution is 5.91. The summed E-state index contributed by atoms with van der Waals surface area (Å²) in [6.07, 6.45) is 2.89. The van der Waals surface area contributed by atoms with E-state index in [0.717, 1.165) is 12.8 Å². The summed E-state index contributed by atoms with van der Waals surface area (Å²) in [6.45, 7) is 2.82. The van der Waals surface area contributed by atoms with Crippen LogP contribution in [0.25, 0.3) is 0 Å². The zero-order valence-corrected chi connectivity index (χ0v) is 13.1. The van der Waals surface area contributed by atoms with Gasteiger partial charge in [-0.25, -0.2) is 0 Å². The molecule has 2 amide bonds. The fourth-order valence-corrected chi connectivity index (χ4v) is 2.69. The summed E-state index contributed by atoms with van der Waals surface area (Å²) in [6, 6.07) is 1.69. The van der Waals surface area contributed by atoms with Gasteiger partial charge >= 0.3 is 0 Å². The van der Waals surface area contributed by atoms with Crippen LogP contribution in [0.1, 0.15) is 31.4 Å². The van der Waals surface area contributed by atoms with Gasteiger partial charge in [0, 0.05) is 31.6 Å². The minimum atomic E-state index is -0.0694. The summed E-state index contributed by atoms with van der Waals surface area (Å²) in [5.74, 6) is 1.04. The molecule has 0 radical (unpaired) electrons. The number of carbonyl (C=O) groups excluding carboxylic acids is 2. The van der Waals surface area contributed by atoms with Crippen molar-refractivity contribution in [3.63, 3.8) is 0 Å². The Morgan fingerprint density at radius 2 is 1.91 bits per heavy atom. The molecule has 7 nitrogen and oxygen atoms in total. The van der Waals surface area contributed by atoms with E-state index in [1.165, 1.54) is 0 Å². The fraction of sp³-hybridized carbons (Fsp3) is 0.667. The summed E-state index contributed by atoms with van der Waals surface area (Å²) < 4.78 is 9.83. The van der Waals surface area contributed by atoms with Gasteiger partial charge in [0.25, 0.3) is 0 Å². The van der Waals surface area contributed by atoms with Crippen molar-refractivity contribution < 1.29 is 18.8 Å². The highest BCUT2D eigenvalue weighted by Gasteiger charge is 2.30. The molecule has 0 aliphatic heterocycles. The second kappa shape index (κ2) is 7.93. The summed E-state index contributed by atoms with van der Waals surface area (Å²) in [7, 11) is 1.60. The van der Waals surface area contributed by atoms with E-state index in [-0.39, 0.29) is 23.7 Å². The molecule has 0 saturated heterocycles. The molecule has 0 unspecified atom stereocenters. The average Bonchev–Trinajstić information content (AvgIpc) is 2.92. The highest BCUT2D eigenvalue weighted by Crippen LogP contribution is 2.29. The Morgan fingerprint density at radius 3 is 2.45 bits per heavy atom. The molecule has 1 aromatic heterocycles. The number of hydrogen-bond donors (Lipinski definition) is 2. The third-order valence-corrected chi connectivity index (χ3v) is 3.95. The second-order valence-electron chi connectivity index (χ2n) is 5.64. The molecular formula is C15H23N3O4. The lowest BCUT2D eigenvalue weighted by atomic mass is 9.81. The Balaban J connectivity index is 1.74. The van der Waals surface area contributed by atoms with Gasteiger partial charge in [-0.05, 0) is 32.6 Å². The maximum atomic E-state index is 12.2. The van der Waals surface area contributed by atoms with Gasteiger partial charge in [0.05, 0.1) is 6.61 Å². The van der Waals surface area contributed by atoms with Crippen molar-refractivity contribution in [1.82, 2.24) is 10.5 Å². The number of methoxy groups -OCH3 is 1. The van der Waals surface area contributed by atoms with E-state index in [4.69, 9.17) is 9.26 Å². The van der Waals surface area contributed by atoms with Crippen LogP contribution in [0.5, 0.6) is 0 Å². The van der Waals surface area contributed by atoms with E-state index in [1.807, 2.05) is 0 Å². The van der Waals surface area contributed by atoms with Crippen molar-refractivity contribution in [3.05, 3.63) is 11.8 Å². The van der Waals surface area contributed by atoms with Crippen molar-refractivity contribution in [2.45, 2.75) is 32.6 Å². The number of anilines is 1. The predicted octanol–water partition coefficient (Wildman–Crippen LogP) is 1.49. The topological polar surface area (TPSA) is 93.5 Å². The van der Waals surface area contributed by atoms with E-state index < -0.39 is 0 Å². The normalized spacial score (nSPS) is 21.4. The first-order chi connectivity index (χ1) is 10.6. The van der Waals surface area contributed by atoms with Gasteiger partial charge in [-0.1, -0.05) is 5.16 Å². The van der Waals surface area contributed by atoms with Crippen LogP contribution < -0.4 is 10.6 Å². The molecule has 1 saturated carbocycles. The van der Waals surface area contributed by atoms with Crippen LogP contribution >= 0.6 is 0 Å². The average molecular weight is 309 g/mol. The molecule has 1 aromatic rings. The molecular weight excluding hydrogens is 286 g/mol. The zero-order chi connectivity index (χ0) is 15.9. The number of rotatable bonds is 6. The van der Waals surface area contributed by atoms with Crippen LogP contribution in [0, 0.1) is 18.8 Å². The predicted molar refractivity (Wildman–Crippen MR) is 80.2 cm³/mol. The van der Waals surface area contributed by atoms with E-state index in [0.29, 0.717) is 37.6 Å². The first-order valence-electron chi connectivity index (χ1n) is 7.61. The van der Waals surface area contributed by atoms with Gasteiger partial charge in [-0.15, -0.1) is 0 Å². The number of aryl methyl sites for hydroxylation is 1. The standard InChI is InChI=1S/C15H23N3O4/c1-10-9-13(18-22-10)17-15(20)12-5-3-11(4-6-12)14(19)16-7-8-21-2/h9,11-12H,3-8H2,1-2H3,(H,16,19)(H,17,18,20). The largest absolute Gasteiger partial charge is 0.383 e. The Kier molecular flexibility index (Phi) is 5.94. The number of nitrogens with zero attached hydrogens (tertiary/aromatic N) is 1. The quantitative estimate of drug-likeness (QED) is 0.777. The van der Waals surface area contributed by atoms with Crippen LogP contribution in [0.4, 0.5) is 5.82 Å². The monoisotopic (exact) mass is 309 g/mol. The summed E-state index contributed by atoms with van der Waals surface area (Å²) in [5, 5.41) is 9.36. The lowest BCUT2D eigenvalue weighted by molar-refractivity contribution is -0.128. The molecule has 22 heavy (non-hydrogen) atoms. The number of ether oxygens (including phenoxy) is 1. The molecule has 122 valence electrons. The maximum absolute atomic E-state index is 12.2. The maximum Gasteiger partial charge on any atom is 0.228 e. The Bertz CT molecular complexity index is 507. The Labute approximate surface area is 129 Å². The van der Waals surface area contributed by atoms with Gasteiger partial charge in [-0.3, -0.25) is 9.59 Å². The van der Waals surface area contributed by atoms with Crippen molar-refractivity contribution >= 4 is 17.6 Å². The van der Waals surface area contributed by atoms with Crippen LogP contribution in [0.2, 0.25) is 0 Å². The van der Waals surface area contributed by atoms with Crippen LogP contribution in [0.3, 0.4) is 0 Å². The number of amides is 2. The highest BCUT2D eigenvalue weighted by atomic mass is 16.5. The minimum Gasteiger partial charge on any atom is -0.383 e. The summed E-state index contributed by atoms with van der Waals surface area (Å²) in [4.78, 5) is 24.1. The van der Waals surface area contributed by atoms with Crippen molar-refractivity contribution in [2.75, 3.05) is 25.6 Å². The third-order valence-electron chi connectivity index (χ3n) is 3.95. The third kappa shape index (κ3) is 4.56. The molecule has 0 spiro atoms. The van der Waals surface area contributed by atoms with Gasteiger partial charge in [0.15, 0.2) is 5.82 Å². The molecule has 0 atom stereocenters. The molecule has 2 rings (SSSR count). The van der Waals surface area contributed by atoms with Crippen LogP contribution in [-0.2, 0) is 14.3 Å². The molecule has 7 heteroatoms. The number of carbonyl (C=O) groups is 2. The molecule has 1 heterocycles. The van der Waals surface area contributed by atoms with Gasteiger partial charge in [0.1, 0.15) is 5.76 Å². The molecule has 2 N–H and O–H groups in total. The first-order valence-corrected chi connectivity index (χ1v) is 7.61. The van der Waals surface area contributed by atoms with E-state index >= 15 is 0 Å². The number of aromatic nitrogens is 1.